The Kier molecular flexibility index (Phi) is 6.02. The van der Waals surface area contributed by atoms with Gasteiger partial charge in [-0.1, -0.05) is 30.3 Å². The van der Waals surface area contributed by atoms with E-state index in [1.165, 1.54) is 5.56 Å². The van der Waals surface area contributed by atoms with Crippen molar-refractivity contribution in [3.05, 3.63) is 47.2 Å². The molecule has 0 aliphatic heterocycles. The highest BCUT2D eigenvalue weighted by Gasteiger charge is 2.21. The van der Waals surface area contributed by atoms with Gasteiger partial charge in [-0.05, 0) is 31.2 Å². The minimum atomic E-state index is 0.223. The van der Waals surface area contributed by atoms with Gasteiger partial charge in [-0.3, -0.25) is 4.79 Å². The lowest BCUT2D eigenvalue weighted by Gasteiger charge is -2.19. The van der Waals surface area contributed by atoms with Gasteiger partial charge in [-0.2, -0.15) is 5.26 Å². The number of aryl methyl sites for hydroxylation is 1. The lowest BCUT2D eigenvalue weighted by Crippen LogP contribution is -2.14. The zero-order valence-electron chi connectivity index (χ0n) is 12.3. The highest BCUT2D eigenvalue weighted by atomic mass is 16.5. The molecule has 1 aliphatic carbocycles. The maximum atomic E-state index is 12.1. The van der Waals surface area contributed by atoms with Crippen LogP contribution in [0.15, 0.2) is 41.7 Å². The third kappa shape index (κ3) is 4.75. The van der Waals surface area contributed by atoms with Crippen LogP contribution in [-0.4, -0.2) is 12.4 Å². The number of allylic oxidation sites excluding steroid dienone is 2. The molecule has 0 unspecified atom stereocenters. The Labute approximate surface area is 126 Å². The van der Waals surface area contributed by atoms with E-state index in [9.17, 15) is 4.79 Å². The molecule has 110 valence electrons. The van der Waals surface area contributed by atoms with Gasteiger partial charge in [-0.25, -0.2) is 0 Å². The minimum Gasteiger partial charge on any atom is -0.496 e. The number of benzene rings is 1. The van der Waals surface area contributed by atoms with E-state index in [1.54, 1.807) is 0 Å². The van der Waals surface area contributed by atoms with Crippen LogP contribution < -0.4 is 0 Å². The second-order valence-electron chi connectivity index (χ2n) is 5.27. The summed E-state index contributed by atoms with van der Waals surface area (Å²) in [4.78, 5) is 12.1. The van der Waals surface area contributed by atoms with Gasteiger partial charge < -0.3 is 4.74 Å². The Morgan fingerprint density at radius 2 is 1.95 bits per heavy atom. The number of carbonyl (C=O) groups excluding carboxylic acids is 1. The molecule has 0 saturated carbocycles. The molecule has 21 heavy (non-hydrogen) atoms. The van der Waals surface area contributed by atoms with Crippen molar-refractivity contribution in [1.29, 1.82) is 5.26 Å². The molecule has 0 fully saturated rings. The predicted octanol–water partition coefficient (Wildman–Crippen LogP) is 3.95. The van der Waals surface area contributed by atoms with E-state index >= 15 is 0 Å². The fraction of sp³-hybridized carbons (Fsp3) is 0.444. The van der Waals surface area contributed by atoms with Gasteiger partial charge in [0.25, 0.3) is 0 Å². The monoisotopic (exact) mass is 283 g/mol. The Morgan fingerprint density at radius 1 is 1.14 bits per heavy atom. The van der Waals surface area contributed by atoms with Crippen molar-refractivity contribution >= 4 is 5.78 Å². The highest BCUT2D eigenvalue weighted by Crippen LogP contribution is 2.27. The van der Waals surface area contributed by atoms with Crippen LogP contribution >= 0.6 is 0 Å². The van der Waals surface area contributed by atoms with Crippen LogP contribution in [0.3, 0.4) is 0 Å². The van der Waals surface area contributed by atoms with Crippen molar-refractivity contribution in [2.24, 2.45) is 0 Å². The van der Waals surface area contributed by atoms with E-state index in [-0.39, 0.29) is 5.78 Å². The van der Waals surface area contributed by atoms with Gasteiger partial charge in [-0.15, -0.1) is 0 Å². The van der Waals surface area contributed by atoms with Crippen molar-refractivity contribution in [1.82, 2.24) is 0 Å². The van der Waals surface area contributed by atoms with E-state index in [1.807, 2.05) is 18.2 Å². The van der Waals surface area contributed by atoms with E-state index in [4.69, 9.17) is 10.00 Å². The third-order valence-corrected chi connectivity index (χ3v) is 3.71. The fourth-order valence-corrected chi connectivity index (χ4v) is 2.64. The van der Waals surface area contributed by atoms with E-state index < -0.39 is 0 Å². The molecule has 0 saturated heterocycles. The van der Waals surface area contributed by atoms with E-state index in [0.717, 1.165) is 43.4 Å². The van der Waals surface area contributed by atoms with Crippen LogP contribution in [0, 0.1) is 11.3 Å². The topological polar surface area (TPSA) is 50.1 Å². The van der Waals surface area contributed by atoms with Gasteiger partial charge in [0.05, 0.1) is 12.5 Å². The molecule has 3 heteroatoms. The Bertz CT molecular complexity index is 540. The summed E-state index contributed by atoms with van der Waals surface area (Å²) in [7, 11) is 0. The second kappa shape index (κ2) is 8.26. The molecule has 0 spiro atoms. The zero-order valence-corrected chi connectivity index (χ0v) is 12.3. The fourth-order valence-electron chi connectivity index (χ4n) is 2.64. The van der Waals surface area contributed by atoms with Gasteiger partial charge in [0.1, 0.15) is 12.4 Å². The molecule has 0 amide bonds. The largest absolute Gasteiger partial charge is 0.496 e. The number of hydrogen-bond acceptors (Lipinski definition) is 3. The molecular formula is C18H21NO2. The molecule has 0 N–H and O–H groups in total. The highest BCUT2D eigenvalue weighted by molar-refractivity contribution is 5.96. The Hall–Kier alpha value is -2.08. The first-order valence-electron chi connectivity index (χ1n) is 7.60. The first-order chi connectivity index (χ1) is 10.3. The lowest BCUT2D eigenvalue weighted by molar-refractivity contribution is -0.116. The van der Waals surface area contributed by atoms with Crippen molar-refractivity contribution < 1.29 is 9.53 Å². The van der Waals surface area contributed by atoms with Crippen molar-refractivity contribution in [2.45, 2.75) is 44.9 Å². The van der Waals surface area contributed by atoms with Crippen LogP contribution in [0.1, 0.15) is 44.1 Å². The number of ether oxygens (including phenoxy) is 1. The van der Waals surface area contributed by atoms with Crippen LogP contribution in [-0.2, 0) is 16.0 Å². The quantitative estimate of drug-likeness (QED) is 0.712. The molecular weight excluding hydrogens is 262 g/mol. The van der Waals surface area contributed by atoms with Crippen LogP contribution in [0.4, 0.5) is 0 Å². The summed E-state index contributed by atoms with van der Waals surface area (Å²) in [5.41, 5.74) is 2.16. The number of Topliss-reactive ketones (excluding diaryl/α,β-unsaturated/α-hetero) is 1. The predicted molar refractivity (Wildman–Crippen MR) is 81.4 cm³/mol. The van der Waals surface area contributed by atoms with Crippen molar-refractivity contribution in [2.75, 3.05) is 6.61 Å². The van der Waals surface area contributed by atoms with Crippen molar-refractivity contribution in [3.8, 4) is 6.07 Å². The zero-order chi connectivity index (χ0) is 14.9. The van der Waals surface area contributed by atoms with Crippen LogP contribution in [0.2, 0.25) is 0 Å². The molecule has 0 bridgehead atoms. The number of hydrogen-bond donors (Lipinski definition) is 0. The minimum absolute atomic E-state index is 0.223. The lowest BCUT2D eigenvalue weighted by atomic mass is 9.92. The van der Waals surface area contributed by atoms with Crippen molar-refractivity contribution in [3.63, 3.8) is 0 Å². The Morgan fingerprint density at radius 3 is 2.71 bits per heavy atom. The average Bonchev–Trinajstić information content (AvgIpc) is 2.51. The average molecular weight is 283 g/mol. The normalized spacial score (nSPS) is 14.9. The van der Waals surface area contributed by atoms with Gasteiger partial charge >= 0.3 is 0 Å². The molecule has 0 atom stereocenters. The number of carbonyl (C=O) groups is 1. The standard InChI is InChI=1S/C18H21NO2/c19-13-6-14-21-18-12-5-11-17(20)16(18)10-4-9-15-7-2-1-3-8-15/h1-3,7-8H,4-6,9-12,14H2. The second-order valence-corrected chi connectivity index (χ2v) is 5.27. The van der Waals surface area contributed by atoms with E-state index in [0.29, 0.717) is 19.4 Å². The number of nitrogens with zero attached hydrogens (tertiary/aromatic N) is 1. The molecule has 3 nitrogen and oxygen atoms in total. The third-order valence-electron chi connectivity index (χ3n) is 3.71. The summed E-state index contributed by atoms with van der Waals surface area (Å²) in [6.07, 6.45) is 5.40. The van der Waals surface area contributed by atoms with Gasteiger partial charge in [0, 0.05) is 18.4 Å². The molecule has 2 rings (SSSR count). The van der Waals surface area contributed by atoms with Gasteiger partial charge in [0.15, 0.2) is 5.78 Å². The first kappa shape index (κ1) is 15.3. The summed E-state index contributed by atoms with van der Waals surface area (Å²) < 4.78 is 5.65. The first-order valence-corrected chi connectivity index (χ1v) is 7.60. The Balaban J connectivity index is 1.92. The number of nitriles is 1. The number of ketones is 1. The maximum absolute atomic E-state index is 12.1. The summed E-state index contributed by atoms with van der Waals surface area (Å²) >= 11 is 0. The van der Waals surface area contributed by atoms with E-state index in [2.05, 4.69) is 18.2 Å². The summed E-state index contributed by atoms with van der Waals surface area (Å²) in [5, 5.41) is 8.57. The molecule has 0 radical (unpaired) electrons. The molecule has 0 aromatic heterocycles. The van der Waals surface area contributed by atoms with Crippen LogP contribution in [0.5, 0.6) is 0 Å². The SMILES string of the molecule is N#CCCOC1=C(CCCc2ccccc2)C(=O)CCC1. The molecule has 1 aliphatic rings. The molecule has 1 aromatic carbocycles. The summed E-state index contributed by atoms with van der Waals surface area (Å²) in [6, 6.07) is 12.4. The molecule has 0 heterocycles. The summed E-state index contributed by atoms with van der Waals surface area (Å²) in [5.74, 6) is 1.05. The number of rotatable bonds is 7. The smallest absolute Gasteiger partial charge is 0.162 e. The molecule has 1 aromatic rings. The maximum Gasteiger partial charge on any atom is 0.162 e. The summed E-state index contributed by atoms with van der Waals surface area (Å²) in [6.45, 7) is 0.390. The van der Waals surface area contributed by atoms with Gasteiger partial charge in [0.2, 0.25) is 0 Å². The van der Waals surface area contributed by atoms with Crippen LogP contribution in [0.25, 0.3) is 0 Å².